The Kier molecular flexibility index (Phi) is 9.43. The van der Waals surface area contributed by atoms with Crippen molar-refractivity contribution in [2.45, 2.75) is 40.7 Å². The van der Waals surface area contributed by atoms with Gasteiger partial charge in [0.25, 0.3) is 0 Å². The lowest BCUT2D eigenvalue weighted by atomic mass is 10.0. The molecule has 0 aliphatic carbocycles. The van der Waals surface area contributed by atoms with Crippen LogP contribution in [-0.2, 0) is 14.3 Å². The highest BCUT2D eigenvalue weighted by atomic mass is 16.5. The van der Waals surface area contributed by atoms with Crippen molar-refractivity contribution in [2.24, 2.45) is 5.92 Å². The number of ketones is 1. The van der Waals surface area contributed by atoms with Crippen molar-refractivity contribution in [1.82, 2.24) is 10.2 Å². The Morgan fingerprint density at radius 3 is 2.32 bits per heavy atom. The maximum absolute atomic E-state index is 11.9. The zero-order valence-electron chi connectivity index (χ0n) is 12.9. The zero-order chi connectivity index (χ0) is 14.8. The van der Waals surface area contributed by atoms with Crippen LogP contribution in [0.15, 0.2) is 0 Å². The standard InChI is InChI=1S/C14H28N2O3/c1-6-16(8-9-19-7-2)10-13(18)15-14(11(3)4)12(5)17/h11,14H,6-10H2,1-5H3,(H,15,18). The average molecular weight is 272 g/mol. The van der Waals surface area contributed by atoms with Gasteiger partial charge in [0.15, 0.2) is 5.78 Å². The van der Waals surface area contributed by atoms with Gasteiger partial charge in [-0.15, -0.1) is 0 Å². The Hall–Kier alpha value is -0.940. The monoisotopic (exact) mass is 272 g/mol. The molecule has 0 aromatic heterocycles. The van der Waals surface area contributed by atoms with Crippen LogP contribution in [0.1, 0.15) is 34.6 Å². The summed E-state index contributed by atoms with van der Waals surface area (Å²) in [5.74, 6) is 0.00733. The molecule has 0 aromatic carbocycles. The molecule has 0 aromatic rings. The molecule has 0 aliphatic heterocycles. The van der Waals surface area contributed by atoms with E-state index in [1.807, 2.05) is 32.6 Å². The third-order valence-corrected chi connectivity index (χ3v) is 2.99. The molecule has 19 heavy (non-hydrogen) atoms. The fourth-order valence-corrected chi connectivity index (χ4v) is 1.85. The number of amides is 1. The number of ether oxygens (including phenoxy) is 1. The van der Waals surface area contributed by atoms with Gasteiger partial charge in [-0.2, -0.15) is 0 Å². The molecule has 0 bridgehead atoms. The SMILES string of the molecule is CCOCCN(CC)CC(=O)NC(C(C)=O)C(C)C. The highest BCUT2D eigenvalue weighted by molar-refractivity contribution is 5.88. The van der Waals surface area contributed by atoms with E-state index in [0.717, 1.165) is 13.1 Å². The predicted molar refractivity (Wildman–Crippen MR) is 76.1 cm³/mol. The third kappa shape index (κ3) is 7.95. The van der Waals surface area contributed by atoms with E-state index < -0.39 is 6.04 Å². The van der Waals surface area contributed by atoms with Gasteiger partial charge in [0.2, 0.25) is 5.91 Å². The number of nitrogens with zero attached hydrogens (tertiary/aromatic N) is 1. The number of Topliss-reactive ketones (excluding diaryl/α,β-unsaturated/α-hetero) is 1. The van der Waals surface area contributed by atoms with Gasteiger partial charge in [0.1, 0.15) is 0 Å². The summed E-state index contributed by atoms with van der Waals surface area (Å²) < 4.78 is 5.28. The summed E-state index contributed by atoms with van der Waals surface area (Å²) in [4.78, 5) is 25.4. The Bertz CT molecular complexity index is 280. The van der Waals surface area contributed by atoms with Crippen LogP contribution >= 0.6 is 0 Å². The summed E-state index contributed by atoms with van der Waals surface area (Å²) >= 11 is 0. The summed E-state index contributed by atoms with van der Waals surface area (Å²) in [6.45, 7) is 12.4. The highest BCUT2D eigenvalue weighted by Crippen LogP contribution is 2.02. The summed E-state index contributed by atoms with van der Waals surface area (Å²) in [5, 5.41) is 2.80. The van der Waals surface area contributed by atoms with E-state index in [9.17, 15) is 9.59 Å². The van der Waals surface area contributed by atoms with E-state index >= 15 is 0 Å². The number of likely N-dealkylation sites (N-methyl/N-ethyl adjacent to an activating group) is 1. The normalized spacial score (nSPS) is 12.8. The van der Waals surface area contributed by atoms with Crippen molar-refractivity contribution < 1.29 is 14.3 Å². The molecule has 1 amide bonds. The van der Waals surface area contributed by atoms with E-state index in [2.05, 4.69) is 5.32 Å². The van der Waals surface area contributed by atoms with Crippen LogP contribution in [-0.4, -0.2) is 55.5 Å². The third-order valence-electron chi connectivity index (χ3n) is 2.99. The van der Waals surface area contributed by atoms with Gasteiger partial charge >= 0.3 is 0 Å². The van der Waals surface area contributed by atoms with Crippen molar-refractivity contribution >= 4 is 11.7 Å². The van der Waals surface area contributed by atoms with Gasteiger partial charge in [-0.05, 0) is 26.3 Å². The molecule has 1 unspecified atom stereocenters. The largest absolute Gasteiger partial charge is 0.380 e. The zero-order valence-corrected chi connectivity index (χ0v) is 12.9. The van der Waals surface area contributed by atoms with Crippen LogP contribution in [0.3, 0.4) is 0 Å². The molecule has 112 valence electrons. The number of hydrogen-bond acceptors (Lipinski definition) is 4. The molecule has 0 radical (unpaired) electrons. The van der Waals surface area contributed by atoms with E-state index in [1.54, 1.807) is 0 Å². The number of nitrogens with one attached hydrogen (secondary N) is 1. The first-order chi connectivity index (χ1) is 8.92. The van der Waals surface area contributed by atoms with Gasteiger partial charge in [0, 0.05) is 13.2 Å². The van der Waals surface area contributed by atoms with Gasteiger partial charge in [-0.3, -0.25) is 14.5 Å². The maximum atomic E-state index is 11.9. The minimum atomic E-state index is -0.391. The van der Waals surface area contributed by atoms with Crippen LogP contribution in [0.4, 0.5) is 0 Å². The van der Waals surface area contributed by atoms with Gasteiger partial charge in [0.05, 0.1) is 19.2 Å². The molecule has 0 heterocycles. The van der Waals surface area contributed by atoms with Crippen molar-refractivity contribution in [2.75, 3.05) is 32.8 Å². The number of carbonyl (C=O) groups is 2. The van der Waals surface area contributed by atoms with Crippen LogP contribution in [0.25, 0.3) is 0 Å². The van der Waals surface area contributed by atoms with Crippen molar-refractivity contribution in [3.63, 3.8) is 0 Å². The minimum absolute atomic E-state index is 0.000662. The number of hydrogen-bond donors (Lipinski definition) is 1. The van der Waals surface area contributed by atoms with E-state index in [4.69, 9.17) is 4.74 Å². The summed E-state index contributed by atoms with van der Waals surface area (Å²) in [6, 6.07) is -0.391. The molecule has 1 atom stereocenters. The van der Waals surface area contributed by atoms with Gasteiger partial charge in [-0.25, -0.2) is 0 Å². The first-order valence-electron chi connectivity index (χ1n) is 7.02. The Morgan fingerprint density at radius 2 is 1.89 bits per heavy atom. The summed E-state index contributed by atoms with van der Waals surface area (Å²) in [6.07, 6.45) is 0. The fourth-order valence-electron chi connectivity index (χ4n) is 1.85. The lowest BCUT2D eigenvalue weighted by Crippen LogP contribution is -2.47. The molecule has 5 nitrogen and oxygen atoms in total. The first-order valence-corrected chi connectivity index (χ1v) is 7.02. The molecular formula is C14H28N2O3. The first kappa shape index (κ1) is 18.1. The minimum Gasteiger partial charge on any atom is -0.380 e. The summed E-state index contributed by atoms with van der Waals surface area (Å²) in [5.41, 5.74) is 0. The van der Waals surface area contributed by atoms with E-state index in [1.165, 1.54) is 6.92 Å². The quantitative estimate of drug-likeness (QED) is 0.605. The van der Waals surface area contributed by atoms with Crippen LogP contribution in [0, 0.1) is 5.92 Å². The van der Waals surface area contributed by atoms with Crippen molar-refractivity contribution in [3.8, 4) is 0 Å². The second-order valence-corrected chi connectivity index (χ2v) is 4.97. The highest BCUT2D eigenvalue weighted by Gasteiger charge is 2.21. The molecule has 0 saturated heterocycles. The molecule has 1 N–H and O–H groups in total. The summed E-state index contributed by atoms with van der Waals surface area (Å²) in [7, 11) is 0. The number of carbonyl (C=O) groups excluding carboxylic acids is 2. The Labute approximate surface area is 116 Å². The topological polar surface area (TPSA) is 58.6 Å². The second kappa shape index (κ2) is 9.92. The fraction of sp³-hybridized carbons (Fsp3) is 0.857. The maximum Gasteiger partial charge on any atom is 0.234 e. The molecule has 0 aliphatic rings. The van der Waals surface area contributed by atoms with E-state index in [-0.39, 0.29) is 17.6 Å². The van der Waals surface area contributed by atoms with Crippen molar-refractivity contribution in [1.29, 1.82) is 0 Å². The molecule has 5 heteroatoms. The molecular weight excluding hydrogens is 244 g/mol. The lowest BCUT2D eigenvalue weighted by molar-refractivity contribution is -0.128. The Balaban J connectivity index is 4.21. The Morgan fingerprint density at radius 1 is 1.26 bits per heavy atom. The smallest absolute Gasteiger partial charge is 0.234 e. The van der Waals surface area contributed by atoms with Gasteiger partial charge < -0.3 is 10.1 Å². The molecule has 0 fully saturated rings. The average Bonchev–Trinajstić information content (AvgIpc) is 2.34. The lowest BCUT2D eigenvalue weighted by Gasteiger charge is -2.23. The van der Waals surface area contributed by atoms with Crippen LogP contribution in [0.5, 0.6) is 0 Å². The van der Waals surface area contributed by atoms with Crippen LogP contribution < -0.4 is 5.32 Å². The molecule has 0 spiro atoms. The molecule has 0 saturated carbocycles. The molecule has 0 rings (SSSR count). The number of rotatable bonds is 10. The predicted octanol–water partition coefficient (Wildman–Crippen LogP) is 1.07. The van der Waals surface area contributed by atoms with E-state index in [0.29, 0.717) is 19.8 Å². The van der Waals surface area contributed by atoms with Gasteiger partial charge in [-0.1, -0.05) is 20.8 Å². The second-order valence-electron chi connectivity index (χ2n) is 4.97. The van der Waals surface area contributed by atoms with Crippen molar-refractivity contribution in [3.05, 3.63) is 0 Å². The van der Waals surface area contributed by atoms with Crippen LogP contribution in [0.2, 0.25) is 0 Å².